The van der Waals surface area contributed by atoms with Crippen LogP contribution in [0.3, 0.4) is 0 Å². The SMILES string of the molecule is Cn1nccc1C(N)c1cncc(F)c1. The molecule has 2 aromatic heterocycles. The predicted molar refractivity (Wildman–Crippen MR) is 53.4 cm³/mol. The Morgan fingerprint density at radius 1 is 1.47 bits per heavy atom. The number of hydrogen-bond donors (Lipinski definition) is 1. The first-order valence-electron chi connectivity index (χ1n) is 4.52. The number of pyridine rings is 1. The maximum atomic E-state index is 12.9. The van der Waals surface area contributed by atoms with Crippen LogP contribution in [0.2, 0.25) is 0 Å². The highest BCUT2D eigenvalue weighted by molar-refractivity contribution is 5.24. The molecule has 0 saturated heterocycles. The minimum atomic E-state index is -0.402. The summed E-state index contributed by atoms with van der Waals surface area (Å²) >= 11 is 0. The molecular weight excluding hydrogens is 195 g/mol. The second-order valence-corrected chi connectivity index (χ2v) is 3.29. The van der Waals surface area contributed by atoms with Crippen LogP contribution in [0.5, 0.6) is 0 Å². The number of aromatic nitrogens is 3. The van der Waals surface area contributed by atoms with Crippen LogP contribution in [0.1, 0.15) is 17.3 Å². The van der Waals surface area contributed by atoms with Crippen molar-refractivity contribution in [3.05, 3.63) is 47.8 Å². The lowest BCUT2D eigenvalue weighted by molar-refractivity contribution is 0.612. The van der Waals surface area contributed by atoms with Crippen LogP contribution in [0.25, 0.3) is 0 Å². The molecule has 0 spiro atoms. The van der Waals surface area contributed by atoms with Crippen molar-refractivity contribution in [2.75, 3.05) is 0 Å². The van der Waals surface area contributed by atoms with Gasteiger partial charge >= 0.3 is 0 Å². The molecular formula is C10H11FN4. The van der Waals surface area contributed by atoms with Gasteiger partial charge < -0.3 is 5.73 Å². The molecule has 0 aliphatic heterocycles. The molecule has 0 aliphatic rings. The number of rotatable bonds is 2. The highest BCUT2D eigenvalue weighted by Gasteiger charge is 2.13. The van der Waals surface area contributed by atoms with E-state index >= 15 is 0 Å². The van der Waals surface area contributed by atoms with Crippen LogP contribution < -0.4 is 5.73 Å². The summed E-state index contributed by atoms with van der Waals surface area (Å²) in [6.45, 7) is 0. The zero-order valence-electron chi connectivity index (χ0n) is 8.26. The van der Waals surface area contributed by atoms with Gasteiger partial charge in [0, 0.05) is 19.4 Å². The van der Waals surface area contributed by atoms with Gasteiger partial charge in [-0.15, -0.1) is 0 Å². The summed E-state index contributed by atoms with van der Waals surface area (Å²) in [4.78, 5) is 3.76. The third-order valence-corrected chi connectivity index (χ3v) is 2.26. The Morgan fingerprint density at radius 3 is 2.87 bits per heavy atom. The van der Waals surface area contributed by atoms with Gasteiger partial charge in [-0.3, -0.25) is 9.67 Å². The largest absolute Gasteiger partial charge is 0.319 e. The van der Waals surface area contributed by atoms with Crippen LogP contribution in [-0.4, -0.2) is 14.8 Å². The van der Waals surface area contributed by atoms with Gasteiger partial charge in [-0.2, -0.15) is 5.10 Å². The van der Waals surface area contributed by atoms with Gasteiger partial charge in [0.2, 0.25) is 0 Å². The summed E-state index contributed by atoms with van der Waals surface area (Å²) in [5.74, 6) is -0.384. The van der Waals surface area contributed by atoms with Crippen molar-refractivity contribution in [2.45, 2.75) is 6.04 Å². The topological polar surface area (TPSA) is 56.7 Å². The number of nitrogens with two attached hydrogens (primary N) is 1. The second kappa shape index (κ2) is 3.78. The lowest BCUT2D eigenvalue weighted by Crippen LogP contribution is -2.16. The Kier molecular flexibility index (Phi) is 2.47. The maximum Gasteiger partial charge on any atom is 0.141 e. The van der Waals surface area contributed by atoms with E-state index in [0.29, 0.717) is 5.56 Å². The number of nitrogens with zero attached hydrogens (tertiary/aromatic N) is 3. The molecule has 0 aliphatic carbocycles. The van der Waals surface area contributed by atoms with E-state index in [1.54, 1.807) is 30.2 Å². The lowest BCUT2D eigenvalue weighted by atomic mass is 10.1. The second-order valence-electron chi connectivity index (χ2n) is 3.29. The summed E-state index contributed by atoms with van der Waals surface area (Å²) in [5.41, 5.74) is 7.42. The zero-order valence-corrected chi connectivity index (χ0v) is 8.26. The number of hydrogen-bond acceptors (Lipinski definition) is 3. The predicted octanol–water partition coefficient (Wildman–Crippen LogP) is 1.00. The molecule has 5 heteroatoms. The fraction of sp³-hybridized carbons (Fsp3) is 0.200. The number of halogens is 1. The van der Waals surface area contributed by atoms with Crippen molar-refractivity contribution >= 4 is 0 Å². The van der Waals surface area contributed by atoms with Crippen LogP contribution in [0.15, 0.2) is 30.7 Å². The lowest BCUT2D eigenvalue weighted by Gasteiger charge is -2.11. The van der Waals surface area contributed by atoms with E-state index in [2.05, 4.69) is 10.1 Å². The van der Waals surface area contributed by atoms with Crippen LogP contribution in [0, 0.1) is 5.82 Å². The molecule has 2 heterocycles. The van der Waals surface area contributed by atoms with Crippen molar-refractivity contribution in [2.24, 2.45) is 12.8 Å². The third-order valence-electron chi connectivity index (χ3n) is 2.26. The van der Waals surface area contributed by atoms with E-state index in [0.717, 1.165) is 11.9 Å². The number of aryl methyl sites for hydroxylation is 1. The van der Waals surface area contributed by atoms with Gasteiger partial charge in [-0.1, -0.05) is 0 Å². The fourth-order valence-electron chi connectivity index (χ4n) is 1.46. The molecule has 2 aromatic rings. The summed E-state index contributed by atoms with van der Waals surface area (Å²) in [6.07, 6.45) is 4.36. The van der Waals surface area contributed by atoms with Crippen LogP contribution >= 0.6 is 0 Å². The van der Waals surface area contributed by atoms with E-state index < -0.39 is 6.04 Å². The van der Waals surface area contributed by atoms with E-state index in [4.69, 9.17) is 5.73 Å². The van der Waals surface area contributed by atoms with Crippen LogP contribution in [0.4, 0.5) is 4.39 Å². The molecule has 0 bridgehead atoms. The quantitative estimate of drug-likeness (QED) is 0.797. The first-order valence-corrected chi connectivity index (χ1v) is 4.52. The summed E-state index contributed by atoms with van der Waals surface area (Å²) in [7, 11) is 1.79. The first kappa shape index (κ1) is 9.79. The summed E-state index contributed by atoms with van der Waals surface area (Å²) < 4.78 is 14.6. The normalized spacial score (nSPS) is 12.7. The van der Waals surface area contributed by atoms with E-state index in [9.17, 15) is 4.39 Å². The van der Waals surface area contributed by atoms with Gasteiger partial charge in [0.15, 0.2) is 0 Å². The average molecular weight is 206 g/mol. The van der Waals surface area contributed by atoms with E-state index in [-0.39, 0.29) is 5.82 Å². The van der Waals surface area contributed by atoms with Crippen molar-refractivity contribution < 1.29 is 4.39 Å². The molecule has 1 atom stereocenters. The minimum absolute atomic E-state index is 0.384. The molecule has 0 saturated carbocycles. The summed E-state index contributed by atoms with van der Waals surface area (Å²) in [5, 5.41) is 4.01. The highest BCUT2D eigenvalue weighted by Crippen LogP contribution is 2.18. The van der Waals surface area contributed by atoms with Gasteiger partial charge in [0.05, 0.1) is 17.9 Å². The third kappa shape index (κ3) is 1.87. The average Bonchev–Trinajstić information content (AvgIpc) is 2.63. The van der Waals surface area contributed by atoms with Crippen molar-refractivity contribution in [3.8, 4) is 0 Å². The minimum Gasteiger partial charge on any atom is -0.319 e. The van der Waals surface area contributed by atoms with Gasteiger partial charge in [0.1, 0.15) is 5.82 Å². The van der Waals surface area contributed by atoms with Crippen molar-refractivity contribution in [1.82, 2.24) is 14.8 Å². The van der Waals surface area contributed by atoms with Crippen molar-refractivity contribution in [3.63, 3.8) is 0 Å². The van der Waals surface area contributed by atoms with Gasteiger partial charge in [0.25, 0.3) is 0 Å². The molecule has 0 radical (unpaired) electrons. The Morgan fingerprint density at radius 2 is 2.27 bits per heavy atom. The Bertz CT molecular complexity index is 466. The summed E-state index contributed by atoms with van der Waals surface area (Å²) in [6, 6.07) is 2.78. The van der Waals surface area contributed by atoms with Crippen LogP contribution in [-0.2, 0) is 7.05 Å². The van der Waals surface area contributed by atoms with E-state index in [1.165, 1.54) is 6.07 Å². The Hall–Kier alpha value is -1.75. The Labute approximate surface area is 86.6 Å². The molecule has 0 fully saturated rings. The first-order chi connectivity index (χ1) is 7.18. The Balaban J connectivity index is 2.36. The molecule has 0 aromatic carbocycles. The molecule has 4 nitrogen and oxygen atoms in total. The zero-order chi connectivity index (χ0) is 10.8. The van der Waals surface area contributed by atoms with Gasteiger partial charge in [-0.05, 0) is 17.7 Å². The molecule has 15 heavy (non-hydrogen) atoms. The fourth-order valence-corrected chi connectivity index (χ4v) is 1.46. The maximum absolute atomic E-state index is 12.9. The molecule has 78 valence electrons. The standard InChI is InChI=1S/C10H11FN4/c1-15-9(2-3-14-15)10(12)7-4-8(11)6-13-5-7/h2-6,10H,12H2,1H3. The monoisotopic (exact) mass is 206 g/mol. The molecule has 0 amide bonds. The molecule has 2 rings (SSSR count). The molecule has 1 unspecified atom stereocenters. The highest BCUT2D eigenvalue weighted by atomic mass is 19.1. The van der Waals surface area contributed by atoms with Gasteiger partial charge in [-0.25, -0.2) is 4.39 Å². The molecule has 2 N–H and O–H groups in total. The smallest absolute Gasteiger partial charge is 0.141 e. The van der Waals surface area contributed by atoms with Crippen molar-refractivity contribution in [1.29, 1.82) is 0 Å². The van der Waals surface area contributed by atoms with E-state index in [1.807, 2.05) is 0 Å².